The van der Waals surface area contributed by atoms with E-state index in [2.05, 4.69) is 9.97 Å². The second kappa shape index (κ2) is 7.66. The van der Waals surface area contributed by atoms with Crippen LogP contribution in [0.25, 0.3) is 22.3 Å². The lowest BCUT2D eigenvalue weighted by molar-refractivity contribution is 0.0696. The predicted molar refractivity (Wildman–Crippen MR) is 108 cm³/mol. The number of aromatic carboxylic acids is 1. The molecule has 1 N–H and O–H groups in total. The molecule has 0 aliphatic carbocycles. The quantitative estimate of drug-likeness (QED) is 0.505. The van der Waals surface area contributed by atoms with E-state index in [4.69, 9.17) is 21.4 Å². The van der Waals surface area contributed by atoms with Crippen LogP contribution in [0.2, 0.25) is 5.02 Å². The van der Waals surface area contributed by atoms with E-state index in [1.165, 1.54) is 0 Å². The van der Waals surface area contributed by atoms with Crippen molar-refractivity contribution < 1.29 is 14.6 Å². The van der Waals surface area contributed by atoms with Crippen molar-refractivity contribution in [3.05, 3.63) is 89.1 Å². The highest BCUT2D eigenvalue weighted by atomic mass is 35.5. The standard InChI is InChI=1S/C22H15ClN2O3/c23-19-6-2-5-17-12-24-21(25-20(17)19)15-7-9-18(10-8-15)28-13-14-3-1-4-16(11-14)22(26)27/h1-12H,13H2,(H,26,27). The normalized spacial score (nSPS) is 10.8. The van der Waals surface area contributed by atoms with Gasteiger partial charge in [-0.05, 0) is 48.0 Å². The molecule has 0 amide bonds. The van der Waals surface area contributed by atoms with Crippen LogP contribution in [-0.4, -0.2) is 21.0 Å². The molecule has 0 bridgehead atoms. The highest BCUT2D eigenvalue weighted by Gasteiger charge is 2.07. The van der Waals surface area contributed by atoms with E-state index in [0.29, 0.717) is 22.1 Å². The fourth-order valence-electron chi connectivity index (χ4n) is 2.82. The molecule has 0 fully saturated rings. The third-order valence-electron chi connectivity index (χ3n) is 4.25. The summed E-state index contributed by atoms with van der Waals surface area (Å²) in [5.41, 5.74) is 2.59. The lowest BCUT2D eigenvalue weighted by Crippen LogP contribution is -2.00. The summed E-state index contributed by atoms with van der Waals surface area (Å²) in [7, 11) is 0. The van der Waals surface area contributed by atoms with E-state index in [1.807, 2.05) is 42.5 Å². The van der Waals surface area contributed by atoms with Crippen molar-refractivity contribution in [3.63, 3.8) is 0 Å². The number of nitrogens with zero attached hydrogens (tertiary/aromatic N) is 2. The van der Waals surface area contributed by atoms with Gasteiger partial charge in [0.1, 0.15) is 12.4 Å². The smallest absolute Gasteiger partial charge is 0.335 e. The van der Waals surface area contributed by atoms with Crippen molar-refractivity contribution in [1.29, 1.82) is 0 Å². The first kappa shape index (κ1) is 17.9. The van der Waals surface area contributed by atoms with Crippen molar-refractivity contribution >= 4 is 28.5 Å². The Morgan fingerprint density at radius 1 is 1.04 bits per heavy atom. The van der Waals surface area contributed by atoms with Crippen LogP contribution < -0.4 is 4.74 Å². The monoisotopic (exact) mass is 390 g/mol. The molecule has 0 radical (unpaired) electrons. The summed E-state index contributed by atoms with van der Waals surface area (Å²) in [6.07, 6.45) is 1.75. The van der Waals surface area contributed by atoms with Crippen molar-refractivity contribution in [2.24, 2.45) is 0 Å². The van der Waals surface area contributed by atoms with Crippen molar-refractivity contribution in [2.75, 3.05) is 0 Å². The molecular formula is C22H15ClN2O3. The Labute approximate surface area is 166 Å². The number of ether oxygens (including phenoxy) is 1. The molecule has 1 heterocycles. The maximum Gasteiger partial charge on any atom is 0.335 e. The van der Waals surface area contributed by atoms with Crippen LogP contribution in [0.5, 0.6) is 5.75 Å². The van der Waals surface area contributed by atoms with Crippen molar-refractivity contribution in [2.45, 2.75) is 6.61 Å². The zero-order valence-electron chi connectivity index (χ0n) is 14.7. The second-order valence-corrected chi connectivity index (χ2v) is 6.60. The van der Waals surface area contributed by atoms with Crippen LogP contribution >= 0.6 is 11.6 Å². The molecule has 0 saturated heterocycles. The van der Waals surface area contributed by atoms with Gasteiger partial charge in [-0.2, -0.15) is 0 Å². The molecule has 0 atom stereocenters. The van der Waals surface area contributed by atoms with E-state index in [-0.39, 0.29) is 12.2 Å². The molecule has 4 aromatic rings. The summed E-state index contributed by atoms with van der Waals surface area (Å²) in [4.78, 5) is 20.0. The first-order valence-corrected chi connectivity index (χ1v) is 8.95. The topological polar surface area (TPSA) is 72.3 Å². The molecule has 138 valence electrons. The van der Waals surface area contributed by atoms with Gasteiger partial charge in [0.25, 0.3) is 0 Å². The summed E-state index contributed by atoms with van der Waals surface area (Å²) in [6, 6.07) is 19.7. The average Bonchev–Trinajstić information content (AvgIpc) is 2.73. The molecule has 0 aliphatic heterocycles. The Kier molecular flexibility index (Phi) is 4.91. The van der Waals surface area contributed by atoms with Gasteiger partial charge in [-0.15, -0.1) is 0 Å². The van der Waals surface area contributed by atoms with Gasteiger partial charge in [-0.3, -0.25) is 0 Å². The zero-order chi connectivity index (χ0) is 19.5. The molecule has 0 unspecified atom stereocenters. The lowest BCUT2D eigenvalue weighted by Gasteiger charge is -2.08. The van der Waals surface area contributed by atoms with Crippen LogP contribution in [0, 0.1) is 0 Å². The van der Waals surface area contributed by atoms with E-state index in [1.54, 1.807) is 30.5 Å². The minimum absolute atomic E-state index is 0.239. The summed E-state index contributed by atoms with van der Waals surface area (Å²) >= 11 is 6.22. The number of rotatable bonds is 5. The highest BCUT2D eigenvalue weighted by molar-refractivity contribution is 6.35. The van der Waals surface area contributed by atoms with Crippen molar-refractivity contribution in [3.8, 4) is 17.1 Å². The number of hydrogen-bond donors (Lipinski definition) is 1. The maximum absolute atomic E-state index is 11.0. The maximum atomic E-state index is 11.0. The van der Waals surface area contributed by atoms with Gasteiger partial charge >= 0.3 is 5.97 Å². The predicted octanol–water partition coefficient (Wildman–Crippen LogP) is 5.23. The molecule has 4 rings (SSSR count). The molecule has 28 heavy (non-hydrogen) atoms. The number of carboxylic acids is 1. The van der Waals surface area contributed by atoms with Crippen LogP contribution in [0.15, 0.2) is 72.9 Å². The van der Waals surface area contributed by atoms with Gasteiger partial charge in [0.05, 0.1) is 16.1 Å². The van der Waals surface area contributed by atoms with E-state index in [9.17, 15) is 4.79 Å². The number of carboxylic acid groups (broad SMARTS) is 1. The third-order valence-corrected chi connectivity index (χ3v) is 4.56. The Morgan fingerprint density at radius 2 is 1.82 bits per heavy atom. The Hall–Kier alpha value is -3.44. The first-order chi connectivity index (χ1) is 13.6. The Morgan fingerprint density at radius 3 is 2.61 bits per heavy atom. The van der Waals surface area contributed by atoms with Crippen LogP contribution in [0.4, 0.5) is 0 Å². The Balaban J connectivity index is 1.50. The van der Waals surface area contributed by atoms with Gasteiger partial charge in [0.15, 0.2) is 5.82 Å². The minimum Gasteiger partial charge on any atom is -0.489 e. The highest BCUT2D eigenvalue weighted by Crippen LogP contribution is 2.25. The number of halogens is 1. The average molecular weight is 391 g/mol. The third kappa shape index (κ3) is 3.80. The van der Waals surface area contributed by atoms with Gasteiger partial charge in [0.2, 0.25) is 0 Å². The van der Waals surface area contributed by atoms with Crippen LogP contribution in [0.1, 0.15) is 15.9 Å². The number of benzene rings is 3. The fraction of sp³-hybridized carbons (Fsp3) is 0.0455. The van der Waals surface area contributed by atoms with E-state index in [0.717, 1.165) is 16.5 Å². The molecular weight excluding hydrogens is 376 g/mol. The summed E-state index contributed by atoms with van der Waals surface area (Å²) in [6.45, 7) is 0.280. The van der Waals surface area contributed by atoms with Crippen LogP contribution in [0.3, 0.4) is 0 Å². The largest absolute Gasteiger partial charge is 0.489 e. The minimum atomic E-state index is -0.957. The molecule has 6 heteroatoms. The van der Waals surface area contributed by atoms with Gasteiger partial charge in [-0.25, -0.2) is 14.8 Å². The SMILES string of the molecule is O=C(O)c1cccc(COc2ccc(-c3ncc4cccc(Cl)c4n3)cc2)c1. The summed E-state index contributed by atoms with van der Waals surface area (Å²) in [5, 5.41) is 10.5. The van der Waals surface area contributed by atoms with Gasteiger partial charge in [-0.1, -0.05) is 35.9 Å². The molecule has 5 nitrogen and oxygen atoms in total. The second-order valence-electron chi connectivity index (χ2n) is 6.19. The number of fused-ring (bicyclic) bond motifs is 1. The fourth-order valence-corrected chi connectivity index (χ4v) is 3.04. The Bertz CT molecular complexity index is 1160. The van der Waals surface area contributed by atoms with E-state index < -0.39 is 5.97 Å². The zero-order valence-corrected chi connectivity index (χ0v) is 15.4. The lowest BCUT2D eigenvalue weighted by atomic mass is 10.1. The first-order valence-electron chi connectivity index (χ1n) is 8.57. The number of carbonyl (C=O) groups is 1. The van der Waals surface area contributed by atoms with Gasteiger partial charge in [0, 0.05) is 17.1 Å². The van der Waals surface area contributed by atoms with Crippen molar-refractivity contribution in [1.82, 2.24) is 9.97 Å². The summed E-state index contributed by atoms with van der Waals surface area (Å²) < 4.78 is 5.75. The van der Waals surface area contributed by atoms with Crippen LogP contribution in [-0.2, 0) is 6.61 Å². The van der Waals surface area contributed by atoms with Gasteiger partial charge < -0.3 is 9.84 Å². The molecule has 0 spiro atoms. The summed E-state index contributed by atoms with van der Waals surface area (Å²) in [5.74, 6) is 0.298. The molecule has 0 aliphatic rings. The molecule has 3 aromatic carbocycles. The molecule has 1 aromatic heterocycles. The number of aromatic nitrogens is 2. The van der Waals surface area contributed by atoms with E-state index >= 15 is 0 Å². The number of hydrogen-bond acceptors (Lipinski definition) is 4. The number of para-hydroxylation sites is 1. The molecule has 0 saturated carbocycles.